The van der Waals surface area contributed by atoms with Gasteiger partial charge in [-0.05, 0) is 12.1 Å². The van der Waals surface area contributed by atoms with Gasteiger partial charge in [-0.15, -0.1) is 0 Å². The van der Waals surface area contributed by atoms with Gasteiger partial charge in [0, 0.05) is 11.0 Å². The van der Waals surface area contributed by atoms with Crippen molar-refractivity contribution in [2.24, 2.45) is 0 Å². The maximum Gasteiger partial charge on any atom is 0.232 e. The summed E-state index contributed by atoms with van der Waals surface area (Å²) in [5.74, 6) is 1.09. The molecule has 0 aliphatic rings. The van der Waals surface area contributed by atoms with Gasteiger partial charge in [0.25, 0.3) is 0 Å². The number of benzene rings is 1. The number of nitro groups is 1. The SMILES string of the molecule is COc1ccc(C[N+](=O)[O-])c(OC)c1. The Kier molecular flexibility index (Phi) is 3.28. The molecule has 0 aromatic heterocycles. The van der Waals surface area contributed by atoms with Gasteiger partial charge < -0.3 is 9.47 Å². The molecule has 0 bridgehead atoms. The normalized spacial score (nSPS) is 9.57. The van der Waals surface area contributed by atoms with Crippen LogP contribution in [0.3, 0.4) is 0 Å². The summed E-state index contributed by atoms with van der Waals surface area (Å²) >= 11 is 0. The van der Waals surface area contributed by atoms with Crippen molar-refractivity contribution in [3.63, 3.8) is 0 Å². The number of ether oxygens (including phenoxy) is 2. The quantitative estimate of drug-likeness (QED) is 0.541. The van der Waals surface area contributed by atoms with Crippen LogP contribution in [0, 0.1) is 10.1 Å². The second-order valence-corrected chi connectivity index (χ2v) is 2.67. The molecule has 5 heteroatoms. The molecule has 0 saturated heterocycles. The Hall–Kier alpha value is -1.78. The first kappa shape index (κ1) is 10.3. The van der Waals surface area contributed by atoms with Crippen LogP contribution >= 0.6 is 0 Å². The third-order valence-corrected chi connectivity index (χ3v) is 1.79. The highest BCUT2D eigenvalue weighted by Crippen LogP contribution is 2.24. The number of hydrogen-bond donors (Lipinski definition) is 0. The largest absolute Gasteiger partial charge is 0.497 e. The topological polar surface area (TPSA) is 61.6 Å². The van der Waals surface area contributed by atoms with E-state index in [1.807, 2.05) is 0 Å². The van der Waals surface area contributed by atoms with Gasteiger partial charge in [0.15, 0.2) is 0 Å². The Labute approximate surface area is 81.4 Å². The summed E-state index contributed by atoms with van der Waals surface area (Å²) in [5.41, 5.74) is 0.540. The van der Waals surface area contributed by atoms with Crippen molar-refractivity contribution >= 4 is 0 Å². The lowest BCUT2D eigenvalue weighted by atomic mass is 10.2. The minimum absolute atomic E-state index is 0.243. The standard InChI is InChI=1S/C9H11NO4/c1-13-8-4-3-7(6-10(11)12)9(5-8)14-2/h3-5H,6H2,1-2H3. The predicted octanol–water partition coefficient (Wildman–Crippen LogP) is 1.48. The molecule has 76 valence electrons. The summed E-state index contributed by atoms with van der Waals surface area (Å²) in [6.07, 6.45) is 0. The van der Waals surface area contributed by atoms with Gasteiger partial charge in [-0.2, -0.15) is 0 Å². The maximum atomic E-state index is 10.3. The Bertz CT molecular complexity index is 338. The summed E-state index contributed by atoms with van der Waals surface area (Å²) in [4.78, 5) is 9.91. The van der Waals surface area contributed by atoms with Gasteiger partial charge in [0.1, 0.15) is 11.5 Å². The van der Waals surface area contributed by atoms with Crippen LogP contribution in [0.4, 0.5) is 0 Å². The van der Waals surface area contributed by atoms with Crippen LogP contribution in [0.15, 0.2) is 18.2 Å². The van der Waals surface area contributed by atoms with Gasteiger partial charge >= 0.3 is 0 Å². The fourth-order valence-electron chi connectivity index (χ4n) is 1.12. The third-order valence-electron chi connectivity index (χ3n) is 1.79. The molecule has 0 atom stereocenters. The molecule has 1 aromatic carbocycles. The summed E-state index contributed by atoms with van der Waals surface area (Å²) in [6, 6.07) is 4.92. The van der Waals surface area contributed by atoms with E-state index < -0.39 is 4.92 Å². The molecule has 0 amide bonds. The van der Waals surface area contributed by atoms with E-state index >= 15 is 0 Å². The molecule has 1 aromatic rings. The highest BCUT2D eigenvalue weighted by molar-refractivity contribution is 5.40. The van der Waals surface area contributed by atoms with E-state index in [9.17, 15) is 10.1 Å². The Morgan fingerprint density at radius 3 is 2.57 bits per heavy atom. The fourth-order valence-corrected chi connectivity index (χ4v) is 1.12. The fraction of sp³-hybridized carbons (Fsp3) is 0.333. The molecule has 0 fully saturated rings. The van der Waals surface area contributed by atoms with Crippen molar-refractivity contribution in [1.29, 1.82) is 0 Å². The lowest BCUT2D eigenvalue weighted by molar-refractivity contribution is -0.496. The van der Waals surface area contributed by atoms with Crippen LogP contribution < -0.4 is 9.47 Å². The summed E-state index contributed by atoms with van der Waals surface area (Å²) in [5, 5.41) is 10.3. The van der Waals surface area contributed by atoms with Gasteiger partial charge in [0.05, 0.1) is 19.8 Å². The molecule has 14 heavy (non-hydrogen) atoms. The molecule has 0 aliphatic carbocycles. The van der Waals surface area contributed by atoms with E-state index in [2.05, 4.69) is 0 Å². The first-order valence-corrected chi connectivity index (χ1v) is 4.00. The van der Waals surface area contributed by atoms with E-state index in [4.69, 9.17) is 9.47 Å². The molecule has 1 rings (SSSR count). The Morgan fingerprint density at radius 1 is 1.36 bits per heavy atom. The molecule has 0 spiro atoms. The minimum Gasteiger partial charge on any atom is -0.497 e. The smallest absolute Gasteiger partial charge is 0.232 e. The summed E-state index contributed by atoms with van der Waals surface area (Å²) < 4.78 is 9.97. The minimum atomic E-state index is -0.398. The molecule has 0 aliphatic heterocycles. The van der Waals surface area contributed by atoms with Gasteiger partial charge in [-0.1, -0.05) is 0 Å². The molecule has 0 radical (unpaired) electrons. The first-order chi connectivity index (χ1) is 6.67. The number of methoxy groups -OCH3 is 2. The van der Waals surface area contributed by atoms with Crippen molar-refractivity contribution in [2.45, 2.75) is 6.54 Å². The lowest BCUT2D eigenvalue weighted by Crippen LogP contribution is -2.01. The van der Waals surface area contributed by atoms with E-state index in [-0.39, 0.29) is 6.54 Å². The van der Waals surface area contributed by atoms with E-state index in [0.717, 1.165) is 0 Å². The Balaban J connectivity index is 2.98. The van der Waals surface area contributed by atoms with Crippen LogP contribution in [-0.4, -0.2) is 19.1 Å². The molecule has 0 heterocycles. The lowest BCUT2D eigenvalue weighted by Gasteiger charge is -2.06. The van der Waals surface area contributed by atoms with Gasteiger partial charge in [0.2, 0.25) is 6.54 Å². The predicted molar refractivity (Wildman–Crippen MR) is 50.2 cm³/mol. The van der Waals surface area contributed by atoms with Crippen molar-refractivity contribution in [3.05, 3.63) is 33.9 Å². The molecular weight excluding hydrogens is 186 g/mol. The zero-order valence-corrected chi connectivity index (χ0v) is 8.02. The highest BCUT2D eigenvalue weighted by Gasteiger charge is 2.09. The van der Waals surface area contributed by atoms with Crippen molar-refractivity contribution in [2.75, 3.05) is 14.2 Å². The van der Waals surface area contributed by atoms with E-state index in [1.165, 1.54) is 14.2 Å². The van der Waals surface area contributed by atoms with Crippen LogP contribution in [0.5, 0.6) is 11.5 Å². The van der Waals surface area contributed by atoms with Crippen molar-refractivity contribution in [1.82, 2.24) is 0 Å². The average Bonchev–Trinajstić information content (AvgIpc) is 2.17. The monoisotopic (exact) mass is 197 g/mol. The van der Waals surface area contributed by atoms with Crippen molar-refractivity contribution in [3.8, 4) is 11.5 Å². The number of rotatable bonds is 4. The zero-order chi connectivity index (χ0) is 10.6. The second kappa shape index (κ2) is 4.45. The van der Waals surface area contributed by atoms with Crippen LogP contribution in [-0.2, 0) is 6.54 Å². The molecular formula is C9H11NO4. The molecule has 0 saturated carbocycles. The highest BCUT2D eigenvalue weighted by atomic mass is 16.6. The van der Waals surface area contributed by atoms with Crippen LogP contribution in [0.2, 0.25) is 0 Å². The van der Waals surface area contributed by atoms with E-state index in [1.54, 1.807) is 18.2 Å². The van der Waals surface area contributed by atoms with Crippen LogP contribution in [0.25, 0.3) is 0 Å². The summed E-state index contributed by atoms with van der Waals surface area (Å²) in [7, 11) is 3.00. The number of hydrogen-bond acceptors (Lipinski definition) is 4. The Morgan fingerprint density at radius 2 is 2.07 bits per heavy atom. The van der Waals surface area contributed by atoms with Gasteiger partial charge in [-0.3, -0.25) is 10.1 Å². The van der Waals surface area contributed by atoms with Crippen molar-refractivity contribution < 1.29 is 14.4 Å². The number of nitrogens with zero attached hydrogens (tertiary/aromatic N) is 1. The average molecular weight is 197 g/mol. The molecule has 5 nitrogen and oxygen atoms in total. The first-order valence-electron chi connectivity index (χ1n) is 4.00. The summed E-state index contributed by atoms with van der Waals surface area (Å²) in [6.45, 7) is -0.243. The molecule has 0 N–H and O–H groups in total. The van der Waals surface area contributed by atoms with Gasteiger partial charge in [-0.25, -0.2) is 0 Å². The third kappa shape index (κ3) is 2.35. The molecule has 0 unspecified atom stereocenters. The maximum absolute atomic E-state index is 10.3. The van der Waals surface area contributed by atoms with Crippen LogP contribution in [0.1, 0.15) is 5.56 Å². The van der Waals surface area contributed by atoms with E-state index in [0.29, 0.717) is 17.1 Å². The second-order valence-electron chi connectivity index (χ2n) is 2.67. The zero-order valence-electron chi connectivity index (χ0n) is 8.02.